The molecule has 0 amide bonds. The minimum absolute atomic E-state index is 0.377. The van der Waals surface area contributed by atoms with E-state index in [0.717, 1.165) is 18.5 Å². The number of carboxylic acid groups (broad SMARTS) is 1. The second-order valence-electron chi connectivity index (χ2n) is 4.23. The van der Waals surface area contributed by atoms with E-state index in [0.29, 0.717) is 17.3 Å². The number of aromatic nitrogens is 2. The second-order valence-corrected chi connectivity index (χ2v) is 4.23. The SMILES string of the molecule is Cc1nn(C2CCCC2)c(C)c1C(=O)O. The molecule has 1 aromatic rings. The Morgan fingerprint density at radius 2 is 2.00 bits per heavy atom. The van der Waals surface area contributed by atoms with Crippen LogP contribution in [-0.2, 0) is 0 Å². The summed E-state index contributed by atoms with van der Waals surface area (Å²) in [4.78, 5) is 11.0. The molecule has 1 heterocycles. The highest BCUT2D eigenvalue weighted by atomic mass is 16.4. The number of hydrogen-bond donors (Lipinski definition) is 1. The molecule has 1 fully saturated rings. The molecule has 0 aliphatic heterocycles. The zero-order valence-corrected chi connectivity index (χ0v) is 9.16. The van der Waals surface area contributed by atoms with Gasteiger partial charge >= 0.3 is 5.97 Å². The number of carboxylic acids is 1. The van der Waals surface area contributed by atoms with Gasteiger partial charge in [-0.2, -0.15) is 5.10 Å². The van der Waals surface area contributed by atoms with Crippen LogP contribution in [0.25, 0.3) is 0 Å². The first kappa shape index (κ1) is 10.2. The molecular formula is C11H16N2O2. The molecule has 1 aromatic heterocycles. The molecule has 2 rings (SSSR count). The zero-order chi connectivity index (χ0) is 11.0. The zero-order valence-electron chi connectivity index (χ0n) is 9.16. The lowest BCUT2D eigenvalue weighted by Gasteiger charge is -2.11. The van der Waals surface area contributed by atoms with E-state index in [1.807, 2.05) is 11.6 Å². The smallest absolute Gasteiger partial charge is 0.339 e. The van der Waals surface area contributed by atoms with Gasteiger partial charge in [-0.3, -0.25) is 4.68 Å². The van der Waals surface area contributed by atoms with Crippen molar-refractivity contribution in [3.05, 3.63) is 17.0 Å². The Kier molecular flexibility index (Phi) is 2.50. The van der Waals surface area contributed by atoms with Crippen LogP contribution in [0.5, 0.6) is 0 Å². The Labute approximate surface area is 88.9 Å². The van der Waals surface area contributed by atoms with Crippen LogP contribution in [0, 0.1) is 13.8 Å². The number of aryl methyl sites for hydroxylation is 1. The number of rotatable bonds is 2. The molecule has 82 valence electrons. The summed E-state index contributed by atoms with van der Waals surface area (Å²) in [5.41, 5.74) is 1.81. The molecule has 0 aromatic carbocycles. The molecule has 1 saturated carbocycles. The number of hydrogen-bond acceptors (Lipinski definition) is 2. The molecule has 0 saturated heterocycles. The van der Waals surface area contributed by atoms with E-state index >= 15 is 0 Å². The van der Waals surface area contributed by atoms with Crippen molar-refractivity contribution in [3.63, 3.8) is 0 Å². The van der Waals surface area contributed by atoms with Crippen molar-refractivity contribution in [1.82, 2.24) is 9.78 Å². The van der Waals surface area contributed by atoms with Crippen molar-refractivity contribution < 1.29 is 9.90 Å². The first-order chi connectivity index (χ1) is 7.11. The van der Waals surface area contributed by atoms with E-state index in [1.54, 1.807) is 6.92 Å². The lowest BCUT2D eigenvalue weighted by Crippen LogP contribution is -2.09. The third-order valence-corrected chi connectivity index (χ3v) is 3.21. The molecule has 0 unspecified atom stereocenters. The standard InChI is InChI=1S/C11H16N2O2/c1-7-10(11(14)15)8(2)13(12-7)9-5-3-4-6-9/h9H,3-6H2,1-2H3,(H,14,15). The highest BCUT2D eigenvalue weighted by Gasteiger charge is 2.24. The van der Waals surface area contributed by atoms with Crippen LogP contribution < -0.4 is 0 Å². The highest BCUT2D eigenvalue weighted by Crippen LogP contribution is 2.31. The summed E-state index contributed by atoms with van der Waals surface area (Å²) < 4.78 is 1.91. The van der Waals surface area contributed by atoms with E-state index < -0.39 is 5.97 Å². The van der Waals surface area contributed by atoms with Crippen LogP contribution in [0.3, 0.4) is 0 Å². The maximum absolute atomic E-state index is 11.0. The molecule has 0 radical (unpaired) electrons. The number of carbonyl (C=O) groups is 1. The molecule has 1 aliphatic rings. The minimum Gasteiger partial charge on any atom is -0.478 e. The normalized spacial score (nSPS) is 17.2. The fraction of sp³-hybridized carbons (Fsp3) is 0.636. The van der Waals surface area contributed by atoms with Crippen LogP contribution in [0.2, 0.25) is 0 Å². The van der Waals surface area contributed by atoms with Gasteiger partial charge in [-0.05, 0) is 26.7 Å². The first-order valence-corrected chi connectivity index (χ1v) is 5.40. The topological polar surface area (TPSA) is 55.1 Å². The van der Waals surface area contributed by atoms with Gasteiger partial charge in [-0.1, -0.05) is 12.8 Å². The van der Waals surface area contributed by atoms with Crippen LogP contribution in [0.4, 0.5) is 0 Å². The van der Waals surface area contributed by atoms with Crippen molar-refractivity contribution in [2.45, 2.75) is 45.6 Å². The summed E-state index contributed by atoms with van der Waals surface area (Å²) in [6.45, 7) is 3.61. The molecule has 0 bridgehead atoms. The van der Waals surface area contributed by atoms with Crippen molar-refractivity contribution >= 4 is 5.97 Å². The van der Waals surface area contributed by atoms with Gasteiger partial charge in [0.1, 0.15) is 5.56 Å². The molecule has 0 atom stereocenters. The lowest BCUT2D eigenvalue weighted by molar-refractivity contribution is 0.0695. The molecular weight excluding hydrogens is 192 g/mol. The molecule has 1 aliphatic carbocycles. The van der Waals surface area contributed by atoms with Gasteiger partial charge in [-0.25, -0.2) is 4.79 Å². The van der Waals surface area contributed by atoms with E-state index in [4.69, 9.17) is 5.11 Å². The summed E-state index contributed by atoms with van der Waals surface area (Å²) >= 11 is 0. The van der Waals surface area contributed by atoms with Crippen LogP contribution in [0.1, 0.15) is 53.5 Å². The molecule has 1 N–H and O–H groups in total. The van der Waals surface area contributed by atoms with Gasteiger partial charge in [0.15, 0.2) is 0 Å². The van der Waals surface area contributed by atoms with Gasteiger partial charge in [0, 0.05) is 0 Å². The maximum atomic E-state index is 11.0. The van der Waals surface area contributed by atoms with Gasteiger partial charge in [0.2, 0.25) is 0 Å². The van der Waals surface area contributed by atoms with Crippen LogP contribution >= 0.6 is 0 Å². The molecule has 0 spiro atoms. The van der Waals surface area contributed by atoms with Gasteiger partial charge in [-0.15, -0.1) is 0 Å². The fourth-order valence-electron chi connectivity index (χ4n) is 2.48. The third-order valence-electron chi connectivity index (χ3n) is 3.21. The van der Waals surface area contributed by atoms with Crippen molar-refractivity contribution in [2.24, 2.45) is 0 Å². The summed E-state index contributed by atoms with van der Waals surface area (Å²) in [6, 6.07) is 0.414. The predicted octanol–water partition coefficient (Wildman–Crippen LogP) is 2.31. The van der Waals surface area contributed by atoms with Crippen LogP contribution in [0.15, 0.2) is 0 Å². The first-order valence-electron chi connectivity index (χ1n) is 5.40. The van der Waals surface area contributed by atoms with Crippen molar-refractivity contribution in [2.75, 3.05) is 0 Å². The average molecular weight is 208 g/mol. The highest BCUT2D eigenvalue weighted by molar-refractivity contribution is 5.90. The summed E-state index contributed by atoms with van der Waals surface area (Å²) in [6.07, 6.45) is 4.71. The summed E-state index contributed by atoms with van der Waals surface area (Å²) in [5, 5.41) is 13.4. The number of nitrogens with zero attached hydrogens (tertiary/aromatic N) is 2. The van der Waals surface area contributed by atoms with E-state index in [2.05, 4.69) is 5.10 Å². The number of aromatic carboxylic acids is 1. The summed E-state index contributed by atoms with van der Waals surface area (Å²) in [5.74, 6) is -0.866. The molecule has 4 nitrogen and oxygen atoms in total. The van der Waals surface area contributed by atoms with Crippen molar-refractivity contribution in [3.8, 4) is 0 Å². The monoisotopic (exact) mass is 208 g/mol. The Bertz CT molecular complexity index is 390. The van der Waals surface area contributed by atoms with E-state index in [-0.39, 0.29) is 0 Å². The Hall–Kier alpha value is -1.32. The fourth-order valence-corrected chi connectivity index (χ4v) is 2.48. The summed E-state index contributed by atoms with van der Waals surface area (Å²) in [7, 11) is 0. The van der Waals surface area contributed by atoms with E-state index in [1.165, 1.54) is 12.8 Å². The Morgan fingerprint density at radius 3 is 2.47 bits per heavy atom. The third kappa shape index (κ3) is 1.64. The lowest BCUT2D eigenvalue weighted by atomic mass is 10.2. The van der Waals surface area contributed by atoms with Gasteiger partial charge in [0.05, 0.1) is 17.4 Å². The predicted molar refractivity (Wildman–Crippen MR) is 56.2 cm³/mol. The molecule has 4 heteroatoms. The average Bonchev–Trinajstić information content (AvgIpc) is 2.72. The molecule has 15 heavy (non-hydrogen) atoms. The quantitative estimate of drug-likeness (QED) is 0.811. The Balaban J connectivity index is 2.40. The van der Waals surface area contributed by atoms with E-state index in [9.17, 15) is 4.79 Å². The minimum atomic E-state index is -0.866. The van der Waals surface area contributed by atoms with Gasteiger partial charge < -0.3 is 5.11 Å². The van der Waals surface area contributed by atoms with Gasteiger partial charge in [0.25, 0.3) is 0 Å². The second kappa shape index (κ2) is 3.68. The largest absolute Gasteiger partial charge is 0.478 e. The Morgan fingerprint density at radius 1 is 1.40 bits per heavy atom. The maximum Gasteiger partial charge on any atom is 0.339 e. The van der Waals surface area contributed by atoms with Crippen molar-refractivity contribution in [1.29, 1.82) is 0 Å². The van der Waals surface area contributed by atoms with Crippen LogP contribution in [-0.4, -0.2) is 20.9 Å².